The zero-order chi connectivity index (χ0) is 29.9. The summed E-state index contributed by atoms with van der Waals surface area (Å²) in [5, 5.41) is 27.3. The van der Waals surface area contributed by atoms with Crippen LogP contribution in [0.2, 0.25) is 0 Å². The van der Waals surface area contributed by atoms with Crippen molar-refractivity contribution in [2.45, 2.75) is 96.0 Å². The van der Waals surface area contributed by atoms with Crippen molar-refractivity contribution in [2.24, 2.45) is 51.8 Å². The highest BCUT2D eigenvalue weighted by atomic mass is 33.1. The average Bonchev–Trinajstić information content (AvgIpc) is 3.53. The molecule has 1 unspecified atom stereocenters. The Bertz CT molecular complexity index is 1350. The van der Waals surface area contributed by atoms with E-state index in [0.29, 0.717) is 30.1 Å². The van der Waals surface area contributed by atoms with Crippen LogP contribution in [0.3, 0.4) is 0 Å². The van der Waals surface area contributed by atoms with Crippen molar-refractivity contribution in [1.29, 1.82) is 0 Å². The third-order valence-corrected chi connectivity index (χ3v) is 17.2. The van der Waals surface area contributed by atoms with E-state index in [1.165, 1.54) is 36.1 Å². The minimum atomic E-state index is -1.06. The van der Waals surface area contributed by atoms with Crippen LogP contribution in [0.4, 0.5) is 5.69 Å². The van der Waals surface area contributed by atoms with Gasteiger partial charge in [0.2, 0.25) is 0 Å². The number of benzene rings is 1. The van der Waals surface area contributed by atoms with E-state index in [1.807, 2.05) is 28.5 Å². The number of allylic oxidation sites excluding steroid dienone is 2. The molecule has 5 fully saturated rings. The van der Waals surface area contributed by atoms with Gasteiger partial charge in [0.1, 0.15) is 11.4 Å². The molecule has 0 radical (unpaired) electrons. The van der Waals surface area contributed by atoms with E-state index in [0.717, 1.165) is 37.2 Å². The Balaban J connectivity index is 1.24. The van der Waals surface area contributed by atoms with Crippen LogP contribution in [0.15, 0.2) is 30.4 Å². The maximum atomic E-state index is 13.7. The van der Waals surface area contributed by atoms with Gasteiger partial charge in [-0.05, 0) is 109 Å². The Morgan fingerprint density at radius 1 is 1.21 bits per heavy atom. The third-order valence-electron chi connectivity index (χ3n) is 14.7. The van der Waals surface area contributed by atoms with Crippen LogP contribution in [-0.4, -0.2) is 58.5 Å². The van der Waals surface area contributed by atoms with Crippen molar-refractivity contribution in [1.82, 2.24) is 0 Å². The number of ketones is 1. The third kappa shape index (κ3) is 3.48. The highest BCUT2D eigenvalue weighted by Crippen LogP contribution is 2.89. The minimum absolute atomic E-state index is 0.0130. The van der Waals surface area contributed by atoms with Crippen molar-refractivity contribution in [2.75, 3.05) is 23.9 Å². The number of anilines is 1. The number of aliphatic hydroxyl groups excluding tert-OH is 1. The number of methoxy groups -OCH3 is 1. The van der Waals surface area contributed by atoms with Crippen molar-refractivity contribution in [3.05, 3.63) is 41.5 Å². The van der Waals surface area contributed by atoms with Crippen molar-refractivity contribution in [3.8, 4) is 0 Å². The Labute approximate surface area is 265 Å². The summed E-state index contributed by atoms with van der Waals surface area (Å²) in [5.41, 5.74) is 2.53. The number of ether oxygens (including phenoxy) is 1. The standard InChI is InChI=1S/C36H49NO4S2/c1-5-22-9-8-21-13-25-23(18-42-43-19-29(20(2)38)37-28(22)14-21)17-34-12-10-24-15-27-32-30(39)16-31(41-4)36(32,40)35(24,33(27,34)3)11-6-7-26(25)34/h6-9,14,20,23-27,29,31-32,37-38,40H,5,10-13,15-19H2,1-4H3/t20-,23-,24-,25+,26?,27-,29+,31-,32+,33+,34-,35-,36+/m0/s1. The van der Waals surface area contributed by atoms with E-state index in [4.69, 9.17) is 4.74 Å². The number of fused-ring (bicyclic) bond motifs is 6. The lowest BCUT2D eigenvalue weighted by Crippen LogP contribution is -2.65. The summed E-state index contributed by atoms with van der Waals surface area (Å²) < 4.78 is 6.02. The molecule has 0 saturated heterocycles. The topological polar surface area (TPSA) is 78.8 Å². The number of aliphatic hydroxyl groups is 2. The van der Waals surface area contributed by atoms with Gasteiger partial charge in [0.05, 0.1) is 24.2 Å². The molecule has 5 nitrogen and oxygen atoms in total. The Morgan fingerprint density at radius 3 is 2.79 bits per heavy atom. The van der Waals surface area contributed by atoms with Crippen LogP contribution in [0.1, 0.15) is 70.4 Å². The molecule has 7 heteroatoms. The Hall–Kier alpha value is -0.990. The van der Waals surface area contributed by atoms with Gasteiger partial charge in [-0.2, -0.15) is 0 Å². The second-order valence-electron chi connectivity index (χ2n) is 15.5. The van der Waals surface area contributed by atoms with Crippen molar-refractivity contribution in [3.63, 3.8) is 0 Å². The predicted octanol–water partition coefficient (Wildman–Crippen LogP) is 6.32. The zero-order valence-corrected chi connectivity index (χ0v) is 27.8. The van der Waals surface area contributed by atoms with Crippen LogP contribution < -0.4 is 5.32 Å². The van der Waals surface area contributed by atoms with E-state index in [1.54, 1.807) is 7.11 Å². The maximum Gasteiger partial charge on any atom is 0.141 e. The van der Waals surface area contributed by atoms with Gasteiger partial charge in [0.15, 0.2) is 0 Å². The molecule has 8 rings (SSSR count). The normalized spacial score (nSPS) is 50.1. The van der Waals surface area contributed by atoms with Crippen molar-refractivity contribution < 1.29 is 19.7 Å². The summed E-state index contributed by atoms with van der Waals surface area (Å²) in [6, 6.07) is 7.05. The highest BCUT2D eigenvalue weighted by molar-refractivity contribution is 8.76. The summed E-state index contributed by atoms with van der Waals surface area (Å²) in [5.74, 6) is 4.22. The number of carbonyl (C=O) groups is 1. The molecular formula is C36H49NO4S2. The van der Waals surface area contributed by atoms with Crippen molar-refractivity contribution >= 4 is 33.1 Å². The molecule has 13 atom stereocenters. The molecule has 0 aromatic heterocycles. The SMILES string of the molecule is CCc1ccc2cc1N[C@@H]([C@H](C)O)CSSC[C@@H]1C[C@@]34CC[C@H]5C[C@H]6[C@@H]7C(=O)C[C@H](OC)[C@]7(O)[C@]5(CC=CC3[C@@H]1C2)[C@]64C. The van der Waals surface area contributed by atoms with Gasteiger partial charge >= 0.3 is 0 Å². The Morgan fingerprint density at radius 2 is 2.02 bits per heavy atom. The van der Waals surface area contributed by atoms with Crippen LogP contribution in [-0.2, 0) is 22.4 Å². The first kappa shape index (κ1) is 29.4. The largest absolute Gasteiger partial charge is 0.391 e. The minimum Gasteiger partial charge on any atom is -0.391 e. The molecule has 1 spiro atoms. The number of hydrogen-bond donors (Lipinski definition) is 3. The maximum absolute atomic E-state index is 13.7. The molecule has 1 aromatic rings. The molecule has 1 heterocycles. The molecule has 1 aromatic carbocycles. The van der Waals surface area contributed by atoms with E-state index >= 15 is 0 Å². The van der Waals surface area contributed by atoms with E-state index in [2.05, 4.69) is 49.5 Å². The molecule has 234 valence electrons. The van der Waals surface area contributed by atoms with Gasteiger partial charge in [0.25, 0.3) is 0 Å². The van der Waals surface area contributed by atoms with Gasteiger partial charge in [-0.15, -0.1) is 0 Å². The lowest BCUT2D eigenvalue weighted by atomic mass is 9.41. The fraction of sp³-hybridized carbons (Fsp3) is 0.750. The molecule has 1 aliphatic heterocycles. The molecule has 3 N–H and O–H groups in total. The van der Waals surface area contributed by atoms with Gasteiger partial charge < -0.3 is 20.3 Å². The van der Waals surface area contributed by atoms with Gasteiger partial charge in [-0.25, -0.2) is 0 Å². The van der Waals surface area contributed by atoms with Crippen LogP contribution >= 0.6 is 21.6 Å². The fourth-order valence-electron chi connectivity index (χ4n) is 13.1. The first-order valence-corrected chi connectivity index (χ1v) is 19.4. The molecule has 5 saturated carbocycles. The highest BCUT2D eigenvalue weighted by Gasteiger charge is 2.90. The van der Waals surface area contributed by atoms with Crippen LogP contribution in [0.5, 0.6) is 0 Å². The molecule has 7 aliphatic rings. The van der Waals surface area contributed by atoms with E-state index in [-0.39, 0.29) is 46.0 Å². The number of carbonyl (C=O) groups excluding carboxylic acids is 1. The summed E-state index contributed by atoms with van der Waals surface area (Å²) >= 11 is 0. The number of hydrogen-bond acceptors (Lipinski definition) is 7. The summed E-state index contributed by atoms with van der Waals surface area (Å²) in [6.45, 7) is 6.67. The number of Topliss-reactive ketones (excluding diaryl/α,β-unsaturated/α-hetero) is 1. The molecular weight excluding hydrogens is 575 g/mol. The van der Waals surface area contributed by atoms with Gasteiger partial charge in [-0.1, -0.05) is 59.7 Å². The number of aryl methyl sites for hydroxylation is 1. The Kier molecular flexibility index (Phi) is 6.84. The van der Waals surface area contributed by atoms with Gasteiger partial charge in [0, 0.05) is 36.1 Å². The second kappa shape index (κ2) is 10.0. The van der Waals surface area contributed by atoms with Gasteiger partial charge in [-0.3, -0.25) is 4.79 Å². The molecule has 7 bridgehead atoms. The average molecular weight is 624 g/mol. The summed E-state index contributed by atoms with van der Waals surface area (Å²) in [6.07, 6.45) is 12.2. The summed E-state index contributed by atoms with van der Waals surface area (Å²) in [7, 11) is 5.62. The van der Waals surface area contributed by atoms with Crippen LogP contribution in [0, 0.1) is 51.8 Å². The van der Waals surface area contributed by atoms with E-state index in [9.17, 15) is 15.0 Å². The lowest BCUT2D eigenvalue weighted by Gasteiger charge is -2.63. The lowest BCUT2D eigenvalue weighted by molar-refractivity contribution is -0.231. The number of rotatable bonds is 3. The zero-order valence-electron chi connectivity index (χ0n) is 26.2. The molecule has 0 amide bonds. The molecule has 6 aliphatic carbocycles. The summed E-state index contributed by atoms with van der Waals surface area (Å²) in [4.78, 5) is 13.7. The first-order valence-electron chi connectivity index (χ1n) is 16.9. The molecule has 43 heavy (non-hydrogen) atoms. The smallest absolute Gasteiger partial charge is 0.141 e. The predicted molar refractivity (Wildman–Crippen MR) is 175 cm³/mol. The first-order chi connectivity index (χ1) is 20.7. The second-order valence-corrected chi connectivity index (χ2v) is 18.1. The van der Waals surface area contributed by atoms with Crippen LogP contribution in [0.25, 0.3) is 0 Å². The quantitative estimate of drug-likeness (QED) is 0.269. The monoisotopic (exact) mass is 623 g/mol. The number of nitrogens with one attached hydrogen (secondary N) is 1. The van der Waals surface area contributed by atoms with E-state index < -0.39 is 11.7 Å². The fourth-order valence-corrected chi connectivity index (χ4v) is 15.9.